The molecule has 2 aromatic carbocycles. The number of aromatic carboxylic acids is 2. The molecule has 0 unspecified atom stereocenters. The second kappa shape index (κ2) is 14.4. The highest BCUT2D eigenvalue weighted by molar-refractivity contribution is 14.1. The summed E-state index contributed by atoms with van der Waals surface area (Å²) in [4.78, 5) is 23.3. The van der Waals surface area contributed by atoms with E-state index in [9.17, 15) is 9.59 Å². The molecule has 2 aromatic rings. The molecule has 0 atom stereocenters. The molecule has 33 heavy (non-hydrogen) atoms. The van der Waals surface area contributed by atoms with Crippen LogP contribution in [0.15, 0.2) is 36.4 Å². The zero-order valence-corrected chi connectivity index (χ0v) is 20.7. The van der Waals surface area contributed by atoms with E-state index in [1.165, 1.54) is 56.9 Å². The average molecular weight is 570 g/mol. The highest BCUT2D eigenvalue weighted by atomic mass is 127. The quantitative estimate of drug-likeness (QED) is 0.278. The van der Waals surface area contributed by atoms with Crippen LogP contribution in [-0.4, -0.2) is 46.9 Å². The first-order valence-corrected chi connectivity index (χ1v) is 11.1. The molecule has 0 aliphatic carbocycles. The molecule has 2 N–H and O–H groups in total. The van der Waals surface area contributed by atoms with Gasteiger partial charge in [0.05, 0.1) is 25.3 Å². The lowest BCUT2D eigenvalue weighted by atomic mass is 10.1. The number of hydrogen-bond donors (Lipinski definition) is 2. The molecule has 0 aliphatic heterocycles. The number of nitriles is 2. The average Bonchev–Trinajstić information content (AvgIpc) is 2.81. The molecule has 0 aromatic heterocycles. The van der Waals surface area contributed by atoms with Crippen LogP contribution >= 0.6 is 22.6 Å². The van der Waals surface area contributed by atoms with Crippen molar-refractivity contribution in [3.05, 3.63) is 47.5 Å². The third kappa shape index (κ3) is 9.53. The van der Waals surface area contributed by atoms with Crippen LogP contribution in [0.4, 0.5) is 0 Å². The molecule has 0 fully saturated rings. The summed E-state index contributed by atoms with van der Waals surface area (Å²) in [7, 11) is 2.78. The number of hydrogen-bond acceptors (Lipinski definition) is 8. The Morgan fingerprint density at radius 3 is 1.64 bits per heavy atom. The fourth-order valence-electron chi connectivity index (χ4n) is 2.12. The molecule has 0 saturated carbocycles. The van der Waals surface area contributed by atoms with Crippen molar-refractivity contribution in [1.82, 2.24) is 0 Å². The molecule has 0 amide bonds. The molecule has 176 valence electrons. The van der Waals surface area contributed by atoms with Crippen molar-refractivity contribution in [2.75, 3.05) is 19.2 Å². The van der Waals surface area contributed by atoms with Crippen molar-refractivity contribution in [1.29, 1.82) is 10.5 Å². The van der Waals surface area contributed by atoms with E-state index in [0.29, 0.717) is 5.75 Å². The van der Waals surface area contributed by atoms with Gasteiger partial charge in [0.25, 0.3) is 6.26 Å². The van der Waals surface area contributed by atoms with Gasteiger partial charge in [-0.25, -0.2) is 9.59 Å². The van der Waals surface area contributed by atoms with E-state index < -0.39 is 17.5 Å². The predicted molar refractivity (Wildman–Crippen MR) is 126 cm³/mol. The summed E-state index contributed by atoms with van der Waals surface area (Å²) in [5, 5.41) is 34.6. The van der Waals surface area contributed by atoms with Gasteiger partial charge in [0.1, 0.15) is 6.07 Å². The first kappa shape index (κ1) is 29.3. The van der Waals surface area contributed by atoms with E-state index >= 15 is 0 Å². The Labute approximate surface area is 205 Å². The normalized spacial score (nSPS) is 9.33. The SMILES string of the molecule is CI.COc1cc(C(=O)O)ccc1OC#N.COc1cc(C(=O)O)ccc1OC(C)(C)C#N. The lowest BCUT2D eigenvalue weighted by molar-refractivity contribution is 0.0685. The van der Waals surface area contributed by atoms with Crippen LogP contribution in [0.1, 0.15) is 34.6 Å². The van der Waals surface area contributed by atoms with Crippen LogP contribution in [0.3, 0.4) is 0 Å². The zero-order valence-electron chi connectivity index (χ0n) is 18.6. The number of halogens is 1. The van der Waals surface area contributed by atoms with Crippen molar-refractivity contribution < 1.29 is 38.7 Å². The molecule has 0 aliphatic rings. The minimum Gasteiger partial charge on any atom is -0.493 e. The first-order chi connectivity index (χ1) is 15.6. The smallest absolute Gasteiger partial charge is 0.335 e. The number of methoxy groups -OCH3 is 2. The summed E-state index contributed by atoms with van der Waals surface area (Å²) < 4.78 is 19.9. The maximum Gasteiger partial charge on any atom is 0.335 e. The summed E-state index contributed by atoms with van der Waals surface area (Å²) >= 11 is 2.15. The van der Waals surface area contributed by atoms with Crippen LogP contribution in [0.2, 0.25) is 0 Å². The van der Waals surface area contributed by atoms with Gasteiger partial charge in [0.15, 0.2) is 28.6 Å². The number of benzene rings is 2. The number of ether oxygens (including phenoxy) is 4. The number of carboxylic acids is 2. The van der Waals surface area contributed by atoms with Gasteiger partial charge in [0.2, 0.25) is 0 Å². The molecule has 0 radical (unpaired) electrons. The third-order valence-electron chi connectivity index (χ3n) is 3.61. The van der Waals surface area contributed by atoms with E-state index in [2.05, 4.69) is 27.3 Å². The van der Waals surface area contributed by atoms with Gasteiger partial charge >= 0.3 is 11.9 Å². The fourth-order valence-corrected chi connectivity index (χ4v) is 2.12. The number of alkyl halides is 1. The third-order valence-corrected chi connectivity index (χ3v) is 3.61. The van der Waals surface area contributed by atoms with Crippen molar-refractivity contribution in [2.24, 2.45) is 0 Å². The Bertz CT molecular complexity index is 1040. The van der Waals surface area contributed by atoms with E-state index in [-0.39, 0.29) is 28.4 Å². The Hall–Kier alpha value is -3.71. The Kier molecular flexibility index (Phi) is 12.8. The predicted octanol–water partition coefficient (Wildman–Crippen LogP) is 4.38. The van der Waals surface area contributed by atoms with Crippen molar-refractivity contribution in [3.63, 3.8) is 0 Å². The number of nitrogens with zero attached hydrogens (tertiary/aromatic N) is 2. The molecule has 0 spiro atoms. The van der Waals surface area contributed by atoms with Crippen LogP contribution in [0, 0.1) is 22.8 Å². The zero-order chi connectivity index (χ0) is 25.6. The monoisotopic (exact) mass is 570 g/mol. The molecular formula is C22H23IN2O8. The van der Waals surface area contributed by atoms with Crippen LogP contribution in [-0.2, 0) is 0 Å². The lowest BCUT2D eigenvalue weighted by Crippen LogP contribution is -2.25. The van der Waals surface area contributed by atoms with Crippen molar-refractivity contribution in [3.8, 4) is 35.3 Å². The van der Waals surface area contributed by atoms with Crippen molar-refractivity contribution in [2.45, 2.75) is 19.4 Å². The lowest BCUT2D eigenvalue weighted by Gasteiger charge is -2.20. The van der Waals surface area contributed by atoms with Crippen LogP contribution < -0.4 is 18.9 Å². The molecule has 11 heteroatoms. The number of carboxylic acid groups (broad SMARTS) is 2. The summed E-state index contributed by atoms with van der Waals surface area (Å²) in [5.74, 6) is -1.08. The van der Waals surface area contributed by atoms with Gasteiger partial charge in [-0.05, 0) is 55.2 Å². The number of carbonyl (C=O) groups is 2. The van der Waals surface area contributed by atoms with Crippen LogP contribution in [0.25, 0.3) is 0 Å². The van der Waals surface area contributed by atoms with E-state index in [4.69, 9.17) is 34.9 Å². The topological polar surface area (TPSA) is 159 Å². The molecule has 0 heterocycles. The van der Waals surface area contributed by atoms with Crippen molar-refractivity contribution >= 4 is 34.5 Å². The van der Waals surface area contributed by atoms with Gasteiger partial charge in [-0.15, -0.1) is 5.26 Å². The standard InChI is InChI=1S/C12H13NO4.C9H7NO4.CH3I/c1-12(2,7-13)17-9-5-4-8(11(14)15)6-10(9)16-3;1-13-8-4-6(9(11)12)2-3-7(8)14-5-10;1-2/h4-6H,1-3H3,(H,14,15);2-4H,1H3,(H,11,12);1H3. The van der Waals surface area contributed by atoms with Gasteiger partial charge in [-0.1, -0.05) is 22.6 Å². The number of rotatable bonds is 7. The first-order valence-electron chi connectivity index (χ1n) is 8.95. The maximum atomic E-state index is 10.8. The molecule has 10 nitrogen and oxygen atoms in total. The highest BCUT2D eigenvalue weighted by Crippen LogP contribution is 2.31. The van der Waals surface area contributed by atoms with E-state index in [1.807, 2.05) is 11.0 Å². The molecule has 2 rings (SSSR count). The molecular weight excluding hydrogens is 547 g/mol. The van der Waals surface area contributed by atoms with Gasteiger partial charge in [-0.2, -0.15) is 5.26 Å². The Morgan fingerprint density at radius 1 is 0.848 bits per heavy atom. The minimum absolute atomic E-state index is 0.0761. The summed E-state index contributed by atoms with van der Waals surface area (Å²) in [6.45, 7) is 3.22. The summed E-state index contributed by atoms with van der Waals surface area (Å²) in [6.07, 6.45) is 1.48. The maximum absolute atomic E-state index is 10.8. The highest BCUT2D eigenvalue weighted by Gasteiger charge is 2.21. The van der Waals surface area contributed by atoms with Gasteiger partial charge in [-0.3, -0.25) is 0 Å². The second-order valence-electron chi connectivity index (χ2n) is 6.26. The molecule has 0 bridgehead atoms. The minimum atomic E-state index is -1.06. The Balaban J connectivity index is 0.000000586. The van der Waals surface area contributed by atoms with Crippen LogP contribution in [0.5, 0.6) is 23.0 Å². The van der Waals surface area contributed by atoms with E-state index in [1.54, 1.807) is 13.8 Å². The molecule has 0 saturated heterocycles. The second-order valence-corrected chi connectivity index (χ2v) is 6.26. The summed E-state index contributed by atoms with van der Waals surface area (Å²) in [6, 6.07) is 10.2. The van der Waals surface area contributed by atoms with E-state index in [0.717, 1.165) is 0 Å². The van der Waals surface area contributed by atoms with Gasteiger partial charge < -0.3 is 29.2 Å². The largest absolute Gasteiger partial charge is 0.493 e. The summed E-state index contributed by atoms with van der Waals surface area (Å²) in [5.41, 5.74) is -0.825. The Morgan fingerprint density at radius 2 is 1.27 bits per heavy atom. The fraction of sp³-hybridized carbons (Fsp3) is 0.273. The van der Waals surface area contributed by atoms with Gasteiger partial charge in [0, 0.05) is 0 Å².